The third-order valence-electron chi connectivity index (χ3n) is 2.55. The van der Waals surface area contributed by atoms with Crippen molar-refractivity contribution in [2.45, 2.75) is 0 Å². The molecular formula is C13H9BrN2O4. The summed E-state index contributed by atoms with van der Waals surface area (Å²) in [4.78, 5) is 22.0. The number of benzene rings is 2. The molecule has 0 saturated carbocycles. The van der Waals surface area contributed by atoms with Gasteiger partial charge in [0.2, 0.25) is 0 Å². The van der Waals surface area contributed by atoms with Gasteiger partial charge in [-0.1, -0.05) is 15.9 Å². The van der Waals surface area contributed by atoms with Gasteiger partial charge in [-0.2, -0.15) is 0 Å². The van der Waals surface area contributed by atoms with E-state index in [-0.39, 0.29) is 17.1 Å². The quantitative estimate of drug-likeness (QED) is 0.510. The highest BCUT2D eigenvalue weighted by molar-refractivity contribution is 9.10. The second-order valence-corrected chi connectivity index (χ2v) is 4.84. The van der Waals surface area contributed by atoms with E-state index < -0.39 is 10.8 Å². The molecule has 0 aliphatic carbocycles. The maximum atomic E-state index is 12.0. The van der Waals surface area contributed by atoms with Gasteiger partial charge in [0.05, 0.1) is 10.6 Å². The molecule has 0 radical (unpaired) electrons. The van der Waals surface area contributed by atoms with Crippen LogP contribution in [0.1, 0.15) is 10.4 Å². The molecule has 0 atom stereocenters. The number of nitrogens with zero attached hydrogens (tertiary/aromatic N) is 1. The molecule has 2 aromatic carbocycles. The number of anilines is 1. The average Bonchev–Trinajstić information content (AvgIpc) is 2.41. The van der Waals surface area contributed by atoms with Gasteiger partial charge in [-0.05, 0) is 30.3 Å². The van der Waals surface area contributed by atoms with Crippen molar-refractivity contribution in [3.8, 4) is 5.75 Å². The molecule has 0 aromatic heterocycles. The number of phenolic OH excluding ortho intramolecular Hbond substituents is 1. The number of nitro benzene ring substituents is 1. The summed E-state index contributed by atoms with van der Waals surface area (Å²) in [6.07, 6.45) is 0. The van der Waals surface area contributed by atoms with E-state index in [1.54, 1.807) is 24.3 Å². The Hall–Kier alpha value is -2.41. The summed E-state index contributed by atoms with van der Waals surface area (Å²) in [6.45, 7) is 0. The zero-order valence-electron chi connectivity index (χ0n) is 10.0. The van der Waals surface area contributed by atoms with E-state index >= 15 is 0 Å². The summed E-state index contributed by atoms with van der Waals surface area (Å²) < 4.78 is 0.826. The standard InChI is InChI=1S/C13H9BrN2O4/c14-9-3-1-8(2-4-9)13(18)15-11-7-10(16(19)20)5-6-12(11)17/h1-7,17H,(H,15,18). The molecule has 102 valence electrons. The number of halogens is 1. The highest BCUT2D eigenvalue weighted by atomic mass is 79.9. The zero-order valence-corrected chi connectivity index (χ0v) is 11.6. The summed E-state index contributed by atoms with van der Waals surface area (Å²) >= 11 is 3.25. The molecule has 0 spiro atoms. The van der Waals surface area contributed by atoms with Crippen molar-refractivity contribution in [3.63, 3.8) is 0 Å². The van der Waals surface area contributed by atoms with Gasteiger partial charge < -0.3 is 10.4 Å². The van der Waals surface area contributed by atoms with Crippen molar-refractivity contribution in [2.75, 3.05) is 5.32 Å². The fraction of sp³-hybridized carbons (Fsp3) is 0. The number of nitro groups is 1. The Balaban J connectivity index is 2.25. The van der Waals surface area contributed by atoms with Crippen molar-refractivity contribution >= 4 is 33.2 Å². The second-order valence-electron chi connectivity index (χ2n) is 3.92. The van der Waals surface area contributed by atoms with E-state index in [0.717, 1.165) is 22.7 Å². The number of carbonyl (C=O) groups excluding carboxylic acids is 1. The molecule has 0 aliphatic rings. The number of non-ortho nitro benzene ring substituents is 1. The van der Waals surface area contributed by atoms with Gasteiger partial charge in [0.25, 0.3) is 11.6 Å². The molecule has 2 aromatic rings. The van der Waals surface area contributed by atoms with Crippen LogP contribution >= 0.6 is 15.9 Å². The van der Waals surface area contributed by atoms with Crippen LogP contribution in [0.5, 0.6) is 5.75 Å². The number of carbonyl (C=O) groups is 1. The van der Waals surface area contributed by atoms with Crippen LogP contribution in [0.25, 0.3) is 0 Å². The fourth-order valence-electron chi connectivity index (χ4n) is 1.53. The summed E-state index contributed by atoms with van der Waals surface area (Å²) in [5.41, 5.74) is 0.153. The van der Waals surface area contributed by atoms with Crippen molar-refractivity contribution in [2.24, 2.45) is 0 Å². The van der Waals surface area contributed by atoms with E-state index in [2.05, 4.69) is 21.2 Å². The van der Waals surface area contributed by atoms with Crippen molar-refractivity contribution < 1.29 is 14.8 Å². The maximum absolute atomic E-state index is 12.0. The predicted octanol–water partition coefficient (Wildman–Crippen LogP) is 3.32. The smallest absolute Gasteiger partial charge is 0.271 e. The Labute approximate surface area is 122 Å². The molecule has 0 saturated heterocycles. The number of rotatable bonds is 3. The second kappa shape index (κ2) is 5.70. The first-order valence-corrected chi connectivity index (χ1v) is 6.31. The van der Waals surface area contributed by atoms with Gasteiger partial charge in [0.1, 0.15) is 5.75 Å². The largest absolute Gasteiger partial charge is 0.506 e. The first kappa shape index (κ1) is 14.0. The number of amides is 1. The fourth-order valence-corrected chi connectivity index (χ4v) is 1.80. The number of aromatic hydroxyl groups is 1. The number of nitrogens with one attached hydrogen (secondary N) is 1. The lowest BCUT2D eigenvalue weighted by Crippen LogP contribution is -2.12. The molecule has 1 amide bonds. The summed E-state index contributed by atoms with van der Waals surface area (Å²) in [5.74, 6) is -0.700. The van der Waals surface area contributed by atoms with Crippen LogP contribution in [0.3, 0.4) is 0 Å². The van der Waals surface area contributed by atoms with E-state index in [0.29, 0.717) is 5.56 Å². The normalized spacial score (nSPS) is 10.1. The first-order chi connectivity index (χ1) is 9.47. The van der Waals surface area contributed by atoms with Crippen molar-refractivity contribution in [3.05, 3.63) is 62.6 Å². The topological polar surface area (TPSA) is 92.5 Å². The SMILES string of the molecule is O=C(Nc1cc([N+](=O)[O-])ccc1O)c1ccc(Br)cc1. The molecule has 0 unspecified atom stereocenters. The summed E-state index contributed by atoms with van der Waals surface area (Å²) in [5, 5.41) is 22.7. The Bertz CT molecular complexity index is 671. The number of hydrogen-bond acceptors (Lipinski definition) is 4. The van der Waals surface area contributed by atoms with E-state index in [9.17, 15) is 20.0 Å². The minimum atomic E-state index is -0.602. The van der Waals surface area contributed by atoms with E-state index in [4.69, 9.17) is 0 Å². The predicted molar refractivity (Wildman–Crippen MR) is 76.9 cm³/mol. The van der Waals surface area contributed by atoms with Crippen LogP contribution in [-0.4, -0.2) is 15.9 Å². The molecule has 6 nitrogen and oxygen atoms in total. The molecule has 0 fully saturated rings. The van der Waals surface area contributed by atoms with Crippen LogP contribution in [0, 0.1) is 10.1 Å². The van der Waals surface area contributed by atoms with Crippen LogP contribution in [0.15, 0.2) is 46.9 Å². The van der Waals surface area contributed by atoms with Crippen LogP contribution in [0.4, 0.5) is 11.4 Å². The Morgan fingerprint density at radius 2 is 1.85 bits per heavy atom. The van der Waals surface area contributed by atoms with E-state index in [1.165, 1.54) is 0 Å². The Morgan fingerprint density at radius 1 is 1.20 bits per heavy atom. The van der Waals surface area contributed by atoms with Gasteiger partial charge >= 0.3 is 0 Å². The lowest BCUT2D eigenvalue weighted by atomic mass is 10.2. The summed E-state index contributed by atoms with van der Waals surface area (Å²) in [7, 11) is 0. The number of phenols is 1. The number of hydrogen-bond donors (Lipinski definition) is 2. The van der Waals surface area contributed by atoms with Crippen LogP contribution in [0.2, 0.25) is 0 Å². The minimum Gasteiger partial charge on any atom is -0.506 e. The average molecular weight is 337 g/mol. The molecule has 20 heavy (non-hydrogen) atoms. The third kappa shape index (κ3) is 3.12. The molecule has 2 N–H and O–H groups in total. The molecule has 0 heterocycles. The zero-order chi connectivity index (χ0) is 14.7. The van der Waals surface area contributed by atoms with Crippen molar-refractivity contribution in [1.29, 1.82) is 0 Å². The van der Waals surface area contributed by atoms with Crippen LogP contribution < -0.4 is 5.32 Å². The van der Waals surface area contributed by atoms with Gasteiger partial charge in [-0.25, -0.2) is 0 Å². The summed E-state index contributed by atoms with van der Waals surface area (Å²) in [6, 6.07) is 10.00. The van der Waals surface area contributed by atoms with E-state index in [1.807, 2.05) is 0 Å². The molecule has 7 heteroatoms. The highest BCUT2D eigenvalue weighted by Gasteiger charge is 2.13. The Morgan fingerprint density at radius 3 is 2.45 bits per heavy atom. The molecule has 0 aliphatic heterocycles. The van der Waals surface area contributed by atoms with Gasteiger partial charge in [0, 0.05) is 22.2 Å². The molecule has 2 rings (SSSR count). The monoisotopic (exact) mass is 336 g/mol. The molecule has 0 bridgehead atoms. The van der Waals surface area contributed by atoms with Crippen molar-refractivity contribution in [1.82, 2.24) is 0 Å². The Kier molecular flexibility index (Phi) is 3.99. The lowest BCUT2D eigenvalue weighted by molar-refractivity contribution is -0.384. The highest BCUT2D eigenvalue weighted by Crippen LogP contribution is 2.28. The maximum Gasteiger partial charge on any atom is 0.271 e. The van der Waals surface area contributed by atoms with Gasteiger partial charge in [0.15, 0.2) is 0 Å². The first-order valence-electron chi connectivity index (χ1n) is 5.51. The molecular weight excluding hydrogens is 328 g/mol. The van der Waals surface area contributed by atoms with Gasteiger partial charge in [-0.15, -0.1) is 0 Å². The third-order valence-corrected chi connectivity index (χ3v) is 3.07. The van der Waals surface area contributed by atoms with Gasteiger partial charge in [-0.3, -0.25) is 14.9 Å². The lowest BCUT2D eigenvalue weighted by Gasteiger charge is -2.07. The minimum absolute atomic E-state index is 0.00730. The van der Waals surface area contributed by atoms with Crippen LogP contribution in [-0.2, 0) is 0 Å².